The second-order valence-corrected chi connectivity index (χ2v) is 6.88. The fourth-order valence-corrected chi connectivity index (χ4v) is 5.08. The average Bonchev–Trinajstić information content (AvgIpc) is 2.69. The number of aryl methyl sites for hydroxylation is 1. The molecule has 1 N–H and O–H groups in total. The molecule has 104 valence electrons. The Hall–Kier alpha value is -0.430. The lowest BCUT2D eigenvalue weighted by atomic mass is 10.3. The van der Waals surface area contributed by atoms with Crippen LogP contribution in [0.1, 0.15) is 31.2 Å². The minimum Gasteiger partial charge on any atom is -0.312 e. The molecule has 0 spiro atoms. The molecule has 0 aliphatic carbocycles. The molecule has 0 atom stereocenters. The molecule has 1 heterocycles. The van der Waals surface area contributed by atoms with E-state index < -0.39 is 10.0 Å². The Morgan fingerprint density at radius 3 is 2.39 bits per heavy atom. The number of hydrogen-bond acceptors (Lipinski definition) is 4. The van der Waals surface area contributed by atoms with E-state index in [9.17, 15) is 8.42 Å². The van der Waals surface area contributed by atoms with Crippen LogP contribution in [0.5, 0.6) is 0 Å². The van der Waals surface area contributed by atoms with Crippen molar-refractivity contribution in [2.24, 2.45) is 0 Å². The van der Waals surface area contributed by atoms with E-state index in [0.29, 0.717) is 24.5 Å². The van der Waals surface area contributed by atoms with Gasteiger partial charge in [0.2, 0.25) is 10.0 Å². The smallest absolute Gasteiger partial charge is 0.244 e. The van der Waals surface area contributed by atoms with Crippen molar-refractivity contribution >= 4 is 21.4 Å². The van der Waals surface area contributed by atoms with Crippen LogP contribution in [0, 0.1) is 6.92 Å². The zero-order chi connectivity index (χ0) is 13.8. The number of hydrogen-bond donors (Lipinski definition) is 1. The third kappa shape index (κ3) is 3.12. The summed E-state index contributed by atoms with van der Waals surface area (Å²) in [6, 6.07) is 0. The second-order valence-electron chi connectivity index (χ2n) is 4.04. The van der Waals surface area contributed by atoms with Gasteiger partial charge in [0, 0.05) is 24.5 Å². The van der Waals surface area contributed by atoms with E-state index in [0.717, 1.165) is 17.0 Å². The number of thiophene rings is 1. The maximum atomic E-state index is 12.6. The quantitative estimate of drug-likeness (QED) is 0.837. The largest absolute Gasteiger partial charge is 0.312 e. The molecule has 4 nitrogen and oxygen atoms in total. The predicted octanol–water partition coefficient (Wildman–Crippen LogP) is 2.20. The van der Waals surface area contributed by atoms with Gasteiger partial charge in [-0.3, -0.25) is 0 Å². The summed E-state index contributed by atoms with van der Waals surface area (Å²) in [7, 11) is -3.35. The zero-order valence-corrected chi connectivity index (χ0v) is 13.1. The molecule has 0 aliphatic heterocycles. The van der Waals surface area contributed by atoms with E-state index in [1.54, 1.807) is 0 Å². The summed E-state index contributed by atoms with van der Waals surface area (Å²) >= 11 is 1.51. The van der Waals surface area contributed by atoms with E-state index in [4.69, 9.17) is 0 Å². The molecular weight excluding hydrogens is 268 g/mol. The normalized spacial score (nSPS) is 12.3. The summed E-state index contributed by atoms with van der Waals surface area (Å²) in [5.74, 6) is 0. The van der Waals surface area contributed by atoms with Gasteiger partial charge in [-0.15, -0.1) is 11.3 Å². The topological polar surface area (TPSA) is 49.4 Å². The molecule has 0 aromatic carbocycles. The standard InChI is InChI=1S/C12H22N2O2S2/c1-5-13-8-11-12(10(4)9-17-11)18(15,16)14(6-2)7-3/h9,13H,5-8H2,1-4H3. The molecule has 1 aromatic rings. The number of sulfonamides is 1. The van der Waals surface area contributed by atoms with Gasteiger partial charge >= 0.3 is 0 Å². The Morgan fingerprint density at radius 2 is 1.89 bits per heavy atom. The molecule has 1 aromatic heterocycles. The molecule has 0 aliphatic rings. The van der Waals surface area contributed by atoms with Crippen LogP contribution >= 0.6 is 11.3 Å². The molecule has 0 saturated carbocycles. The van der Waals surface area contributed by atoms with Crippen LogP contribution in [0.3, 0.4) is 0 Å². The Kier molecular flexibility index (Phi) is 5.78. The van der Waals surface area contributed by atoms with Gasteiger partial charge in [-0.1, -0.05) is 20.8 Å². The van der Waals surface area contributed by atoms with Crippen molar-refractivity contribution in [1.29, 1.82) is 0 Å². The minimum absolute atomic E-state index is 0.497. The summed E-state index contributed by atoms with van der Waals surface area (Å²) in [6.45, 7) is 10.1. The van der Waals surface area contributed by atoms with Gasteiger partial charge in [-0.25, -0.2) is 8.42 Å². The summed E-state index contributed by atoms with van der Waals surface area (Å²) in [5.41, 5.74) is 0.847. The van der Waals surface area contributed by atoms with Crippen molar-refractivity contribution in [2.45, 2.75) is 39.1 Å². The second kappa shape index (κ2) is 6.65. The monoisotopic (exact) mass is 290 g/mol. The van der Waals surface area contributed by atoms with Gasteiger partial charge in [0.05, 0.1) is 0 Å². The molecule has 0 bridgehead atoms. The van der Waals surface area contributed by atoms with Crippen LogP contribution < -0.4 is 5.32 Å². The van der Waals surface area contributed by atoms with Crippen molar-refractivity contribution in [2.75, 3.05) is 19.6 Å². The van der Waals surface area contributed by atoms with E-state index in [2.05, 4.69) is 5.32 Å². The number of rotatable bonds is 7. The lowest BCUT2D eigenvalue weighted by Crippen LogP contribution is -2.31. The van der Waals surface area contributed by atoms with Crippen molar-refractivity contribution in [3.8, 4) is 0 Å². The fraction of sp³-hybridized carbons (Fsp3) is 0.667. The van der Waals surface area contributed by atoms with Crippen molar-refractivity contribution in [3.63, 3.8) is 0 Å². The molecule has 0 saturated heterocycles. The van der Waals surface area contributed by atoms with E-state index in [-0.39, 0.29) is 0 Å². The van der Waals surface area contributed by atoms with Gasteiger partial charge in [0.15, 0.2) is 0 Å². The van der Waals surface area contributed by atoms with Crippen LogP contribution in [-0.2, 0) is 16.6 Å². The maximum Gasteiger partial charge on any atom is 0.244 e. The van der Waals surface area contributed by atoms with E-state index in [1.807, 2.05) is 33.1 Å². The third-order valence-corrected chi connectivity index (χ3v) is 6.34. The molecule has 0 amide bonds. The SMILES string of the molecule is CCNCc1scc(C)c1S(=O)(=O)N(CC)CC. The van der Waals surface area contributed by atoms with Crippen LogP contribution in [0.15, 0.2) is 10.3 Å². The van der Waals surface area contributed by atoms with Gasteiger partial charge in [0.1, 0.15) is 4.90 Å². The number of nitrogens with zero attached hydrogens (tertiary/aromatic N) is 1. The summed E-state index contributed by atoms with van der Waals surface area (Å²) in [4.78, 5) is 1.40. The third-order valence-electron chi connectivity index (χ3n) is 2.83. The van der Waals surface area contributed by atoms with E-state index >= 15 is 0 Å². The first-order valence-corrected chi connectivity index (χ1v) is 8.58. The van der Waals surface area contributed by atoms with E-state index in [1.165, 1.54) is 15.6 Å². The predicted molar refractivity (Wildman–Crippen MR) is 76.5 cm³/mol. The Labute approximate surface area is 114 Å². The molecule has 1 rings (SSSR count). The van der Waals surface area contributed by atoms with Crippen LogP contribution in [-0.4, -0.2) is 32.4 Å². The summed E-state index contributed by atoms with van der Waals surface area (Å²) < 4.78 is 26.6. The van der Waals surface area contributed by atoms with Gasteiger partial charge in [0.25, 0.3) is 0 Å². The summed E-state index contributed by atoms with van der Waals surface area (Å²) in [5, 5.41) is 5.11. The maximum absolute atomic E-state index is 12.6. The molecule has 18 heavy (non-hydrogen) atoms. The molecule has 0 radical (unpaired) electrons. The van der Waals surface area contributed by atoms with Crippen LogP contribution in [0.4, 0.5) is 0 Å². The first kappa shape index (κ1) is 15.6. The minimum atomic E-state index is -3.35. The van der Waals surface area contributed by atoms with Crippen LogP contribution in [0.2, 0.25) is 0 Å². The molecule has 6 heteroatoms. The Bertz CT molecular complexity index is 476. The first-order valence-electron chi connectivity index (χ1n) is 6.26. The highest BCUT2D eigenvalue weighted by Gasteiger charge is 2.27. The van der Waals surface area contributed by atoms with Gasteiger partial charge in [-0.2, -0.15) is 4.31 Å². The van der Waals surface area contributed by atoms with Crippen molar-refractivity contribution < 1.29 is 8.42 Å². The Morgan fingerprint density at radius 1 is 1.28 bits per heavy atom. The average molecular weight is 290 g/mol. The van der Waals surface area contributed by atoms with Crippen molar-refractivity contribution in [3.05, 3.63) is 15.8 Å². The molecular formula is C12H22N2O2S2. The fourth-order valence-electron chi connectivity index (χ4n) is 1.89. The molecule has 0 fully saturated rings. The van der Waals surface area contributed by atoms with Crippen LogP contribution in [0.25, 0.3) is 0 Å². The highest BCUT2D eigenvalue weighted by Crippen LogP contribution is 2.29. The summed E-state index contributed by atoms with van der Waals surface area (Å²) in [6.07, 6.45) is 0. The first-order chi connectivity index (χ1) is 8.48. The number of nitrogens with one attached hydrogen (secondary N) is 1. The van der Waals surface area contributed by atoms with Gasteiger partial charge < -0.3 is 5.32 Å². The molecule has 0 unspecified atom stereocenters. The lowest BCUT2D eigenvalue weighted by Gasteiger charge is -2.19. The zero-order valence-electron chi connectivity index (χ0n) is 11.5. The van der Waals surface area contributed by atoms with Gasteiger partial charge in [-0.05, 0) is 24.4 Å². The Balaban J connectivity index is 3.18. The van der Waals surface area contributed by atoms with Crippen molar-refractivity contribution in [1.82, 2.24) is 9.62 Å². The lowest BCUT2D eigenvalue weighted by molar-refractivity contribution is 0.444. The highest BCUT2D eigenvalue weighted by molar-refractivity contribution is 7.89. The highest BCUT2D eigenvalue weighted by atomic mass is 32.2.